The fraction of sp³-hybridized carbons (Fsp3) is 0.455. The van der Waals surface area contributed by atoms with Crippen molar-refractivity contribution in [2.45, 2.75) is 6.42 Å². The fourth-order valence-electron chi connectivity index (χ4n) is 1.84. The molecule has 2 rings (SSSR count). The van der Waals surface area contributed by atoms with E-state index in [0.717, 1.165) is 13.0 Å². The largest absolute Gasteiger partial charge is 0.397 e. The Kier molecular flexibility index (Phi) is 3.59. The Hall–Kier alpha value is -1.20. The number of hydrogen-bond donors (Lipinski definition) is 3. The average molecular weight is 260 g/mol. The minimum absolute atomic E-state index is 0.0932. The minimum Gasteiger partial charge on any atom is -0.397 e. The van der Waals surface area contributed by atoms with Gasteiger partial charge < -0.3 is 21.5 Å². The molecule has 1 aliphatic heterocycles. The molecule has 0 spiro atoms. The van der Waals surface area contributed by atoms with E-state index in [0.29, 0.717) is 19.1 Å². The number of anilines is 3. The molecule has 0 radical (unpaired) electrons. The zero-order valence-electron chi connectivity index (χ0n) is 9.30. The normalized spacial score (nSPS) is 19.5. The van der Waals surface area contributed by atoms with E-state index in [1.54, 1.807) is 0 Å². The van der Waals surface area contributed by atoms with Crippen molar-refractivity contribution in [1.82, 2.24) is 0 Å². The van der Waals surface area contributed by atoms with Gasteiger partial charge in [0.25, 0.3) is 0 Å². The summed E-state index contributed by atoms with van der Waals surface area (Å²) < 4.78 is 19.0. The first-order valence-corrected chi connectivity index (χ1v) is 5.82. The summed E-state index contributed by atoms with van der Waals surface area (Å²) >= 11 is 5.73. The Morgan fingerprint density at radius 1 is 1.47 bits per heavy atom. The lowest BCUT2D eigenvalue weighted by atomic mass is 10.1. The van der Waals surface area contributed by atoms with Gasteiger partial charge in [-0.25, -0.2) is 4.39 Å². The first kappa shape index (κ1) is 12.3. The molecule has 0 bridgehead atoms. The number of hydrogen-bond acceptors (Lipinski definition) is 4. The van der Waals surface area contributed by atoms with Gasteiger partial charge in [-0.05, 0) is 12.5 Å². The molecule has 0 amide bonds. The van der Waals surface area contributed by atoms with E-state index in [4.69, 9.17) is 27.8 Å². The lowest BCUT2D eigenvalue weighted by Gasteiger charge is -2.15. The molecule has 1 saturated heterocycles. The highest BCUT2D eigenvalue weighted by Gasteiger charge is 2.18. The van der Waals surface area contributed by atoms with Gasteiger partial charge >= 0.3 is 0 Å². The Morgan fingerprint density at radius 3 is 2.88 bits per heavy atom. The molecule has 0 aliphatic carbocycles. The monoisotopic (exact) mass is 259 g/mol. The Morgan fingerprint density at radius 2 is 2.24 bits per heavy atom. The molecule has 5 N–H and O–H groups in total. The van der Waals surface area contributed by atoms with Crippen LogP contribution in [0.2, 0.25) is 5.02 Å². The molecular weight excluding hydrogens is 245 g/mol. The van der Waals surface area contributed by atoms with Crippen LogP contribution in [0.1, 0.15) is 6.42 Å². The van der Waals surface area contributed by atoms with Crippen molar-refractivity contribution in [1.29, 1.82) is 0 Å². The summed E-state index contributed by atoms with van der Waals surface area (Å²) in [6.07, 6.45) is 0.969. The van der Waals surface area contributed by atoms with Crippen LogP contribution in [0.4, 0.5) is 21.5 Å². The predicted octanol–water partition coefficient (Wildman–Crippen LogP) is 2.09. The molecule has 0 saturated carbocycles. The summed E-state index contributed by atoms with van der Waals surface area (Å²) in [6, 6.07) is 1.46. The molecular formula is C11H15ClFN3O. The Labute approximate surface area is 104 Å². The summed E-state index contributed by atoms with van der Waals surface area (Å²) in [7, 11) is 0. The maximum Gasteiger partial charge on any atom is 0.169 e. The maximum atomic E-state index is 13.8. The van der Waals surface area contributed by atoms with Crippen molar-refractivity contribution >= 4 is 28.7 Å². The third-order valence-electron chi connectivity index (χ3n) is 2.86. The molecule has 1 aliphatic rings. The van der Waals surface area contributed by atoms with E-state index in [1.807, 2.05) is 0 Å². The topological polar surface area (TPSA) is 73.3 Å². The van der Waals surface area contributed by atoms with Gasteiger partial charge in [0.1, 0.15) is 5.02 Å². The second kappa shape index (κ2) is 4.98. The number of halogens is 2. The van der Waals surface area contributed by atoms with E-state index in [1.165, 1.54) is 6.07 Å². The molecule has 94 valence electrons. The van der Waals surface area contributed by atoms with E-state index in [9.17, 15) is 4.39 Å². The fourth-order valence-corrected chi connectivity index (χ4v) is 1.99. The molecule has 1 aromatic rings. The van der Waals surface area contributed by atoms with Crippen molar-refractivity contribution in [3.8, 4) is 0 Å². The van der Waals surface area contributed by atoms with Crippen LogP contribution in [0.5, 0.6) is 0 Å². The van der Waals surface area contributed by atoms with Crippen LogP contribution in [0.25, 0.3) is 0 Å². The van der Waals surface area contributed by atoms with Crippen LogP contribution in [0.3, 0.4) is 0 Å². The quantitative estimate of drug-likeness (QED) is 0.727. The highest BCUT2D eigenvalue weighted by Crippen LogP contribution is 2.33. The van der Waals surface area contributed by atoms with Crippen LogP contribution in [-0.2, 0) is 4.74 Å². The van der Waals surface area contributed by atoms with Gasteiger partial charge in [0.2, 0.25) is 0 Å². The van der Waals surface area contributed by atoms with Crippen LogP contribution in [-0.4, -0.2) is 19.8 Å². The number of nitrogen functional groups attached to an aromatic ring is 2. The SMILES string of the molecule is Nc1cc(N)c(NCC2CCOC2)c(F)c1Cl. The molecule has 6 heteroatoms. The molecule has 4 nitrogen and oxygen atoms in total. The number of nitrogens with one attached hydrogen (secondary N) is 1. The number of ether oxygens (including phenoxy) is 1. The van der Waals surface area contributed by atoms with Gasteiger partial charge in [0, 0.05) is 19.1 Å². The van der Waals surface area contributed by atoms with Crippen LogP contribution < -0.4 is 16.8 Å². The summed E-state index contributed by atoms with van der Waals surface area (Å²) in [5.41, 5.74) is 11.8. The van der Waals surface area contributed by atoms with Crippen molar-refractivity contribution < 1.29 is 9.13 Å². The smallest absolute Gasteiger partial charge is 0.169 e. The summed E-state index contributed by atoms with van der Waals surface area (Å²) in [4.78, 5) is 0. The second-order valence-corrected chi connectivity index (χ2v) is 4.55. The third kappa shape index (κ3) is 2.56. The lowest BCUT2D eigenvalue weighted by molar-refractivity contribution is 0.187. The van der Waals surface area contributed by atoms with Crippen LogP contribution in [0.15, 0.2) is 6.07 Å². The molecule has 0 aromatic heterocycles. The summed E-state index contributed by atoms with van der Waals surface area (Å²) in [6.45, 7) is 2.06. The highest BCUT2D eigenvalue weighted by molar-refractivity contribution is 6.33. The number of rotatable bonds is 3. The first-order valence-electron chi connectivity index (χ1n) is 5.44. The van der Waals surface area contributed by atoms with Gasteiger partial charge in [0.05, 0.1) is 23.7 Å². The van der Waals surface area contributed by atoms with E-state index in [2.05, 4.69) is 5.32 Å². The van der Waals surface area contributed by atoms with E-state index >= 15 is 0 Å². The lowest BCUT2D eigenvalue weighted by Crippen LogP contribution is -2.16. The van der Waals surface area contributed by atoms with Gasteiger partial charge in [-0.15, -0.1) is 0 Å². The molecule has 1 heterocycles. The molecule has 1 fully saturated rings. The van der Waals surface area contributed by atoms with E-state index < -0.39 is 5.82 Å². The van der Waals surface area contributed by atoms with Gasteiger partial charge in [-0.3, -0.25) is 0 Å². The zero-order valence-corrected chi connectivity index (χ0v) is 10.1. The molecule has 1 unspecified atom stereocenters. The van der Waals surface area contributed by atoms with Gasteiger partial charge in [-0.1, -0.05) is 11.6 Å². The Bertz CT molecular complexity index is 422. The third-order valence-corrected chi connectivity index (χ3v) is 3.24. The average Bonchev–Trinajstić information content (AvgIpc) is 2.79. The predicted molar refractivity (Wildman–Crippen MR) is 67.7 cm³/mol. The first-order chi connectivity index (χ1) is 8.09. The van der Waals surface area contributed by atoms with E-state index in [-0.39, 0.29) is 22.1 Å². The van der Waals surface area contributed by atoms with Crippen LogP contribution in [0, 0.1) is 11.7 Å². The van der Waals surface area contributed by atoms with Crippen LogP contribution >= 0.6 is 11.6 Å². The minimum atomic E-state index is -0.594. The van der Waals surface area contributed by atoms with Crippen molar-refractivity contribution in [2.24, 2.45) is 5.92 Å². The highest BCUT2D eigenvalue weighted by atomic mass is 35.5. The maximum absolute atomic E-state index is 13.8. The molecule has 17 heavy (non-hydrogen) atoms. The summed E-state index contributed by atoms with van der Waals surface area (Å²) in [5, 5.41) is 2.88. The number of benzene rings is 1. The standard InChI is InChI=1S/C11H15ClFN3O/c12-9-7(14)3-8(15)11(10(9)13)16-4-6-1-2-17-5-6/h3,6,16H,1-2,4-5,14-15H2. The molecule has 1 aromatic carbocycles. The van der Waals surface area contributed by atoms with Gasteiger partial charge in [0.15, 0.2) is 5.82 Å². The zero-order chi connectivity index (χ0) is 12.4. The number of nitrogens with two attached hydrogens (primary N) is 2. The summed E-state index contributed by atoms with van der Waals surface area (Å²) in [5.74, 6) is -0.215. The Balaban J connectivity index is 2.12. The molecule has 1 atom stereocenters. The second-order valence-electron chi connectivity index (χ2n) is 4.17. The van der Waals surface area contributed by atoms with Crippen molar-refractivity contribution in [3.05, 3.63) is 16.9 Å². The van der Waals surface area contributed by atoms with Crippen molar-refractivity contribution in [2.75, 3.05) is 36.5 Å². The van der Waals surface area contributed by atoms with Gasteiger partial charge in [-0.2, -0.15) is 0 Å². The van der Waals surface area contributed by atoms with Crippen molar-refractivity contribution in [3.63, 3.8) is 0 Å².